The molecular weight excluding hydrogens is 498 g/mol. The van der Waals surface area contributed by atoms with Crippen LogP contribution in [0.3, 0.4) is 0 Å². The third-order valence-corrected chi connectivity index (χ3v) is 5.32. The summed E-state index contributed by atoms with van der Waals surface area (Å²) in [6, 6.07) is 16.5. The van der Waals surface area contributed by atoms with Crippen LogP contribution in [0.4, 0.5) is 27.5 Å². The first-order valence-electron chi connectivity index (χ1n) is 10.8. The number of rotatable bonds is 6. The maximum absolute atomic E-state index is 12.7. The second-order valence-electron chi connectivity index (χ2n) is 7.91. The average Bonchev–Trinajstić information content (AvgIpc) is 2.88. The van der Waals surface area contributed by atoms with Gasteiger partial charge in [-0.05, 0) is 47.2 Å². The number of benzene rings is 4. The molecular formula is C25H17N5O8. The van der Waals surface area contributed by atoms with Gasteiger partial charge in [0, 0.05) is 41.2 Å². The summed E-state index contributed by atoms with van der Waals surface area (Å²) in [5, 5.41) is 40.0. The Morgan fingerprint density at radius 1 is 0.684 bits per heavy atom. The van der Waals surface area contributed by atoms with E-state index >= 15 is 0 Å². The Morgan fingerprint density at radius 2 is 1.29 bits per heavy atom. The molecule has 0 fully saturated rings. The number of anilines is 2. The number of urea groups is 1. The van der Waals surface area contributed by atoms with Gasteiger partial charge in [-0.25, -0.2) is 4.79 Å². The molecule has 0 atom stereocenters. The Kier molecular flexibility index (Phi) is 6.92. The standard InChI is InChI=1S/C25H17N5O8/c31-22-11-14-7-8-15(23(32)28-25(34)27-18-4-2-6-20(13-18)30(37)38)9-16(14)10-21(22)24(33)26-17-3-1-5-19(12-17)29(35)36/h1-13,31H,(H,26,33)(H2,27,28,32,34). The number of phenolic OH excluding ortho intramolecular Hbond substituents is 1. The van der Waals surface area contributed by atoms with Crippen LogP contribution in [0.25, 0.3) is 10.8 Å². The van der Waals surface area contributed by atoms with Gasteiger partial charge < -0.3 is 15.7 Å². The quantitative estimate of drug-likeness (QED) is 0.212. The second-order valence-corrected chi connectivity index (χ2v) is 7.91. The molecule has 4 N–H and O–H groups in total. The van der Waals surface area contributed by atoms with Crippen LogP contribution in [0.15, 0.2) is 78.9 Å². The first-order chi connectivity index (χ1) is 18.1. The average molecular weight is 515 g/mol. The number of nitrogens with one attached hydrogen (secondary N) is 3. The molecule has 0 heterocycles. The van der Waals surface area contributed by atoms with E-state index in [2.05, 4.69) is 16.0 Å². The monoisotopic (exact) mass is 515 g/mol. The molecule has 0 unspecified atom stereocenters. The molecule has 38 heavy (non-hydrogen) atoms. The van der Waals surface area contributed by atoms with Gasteiger partial charge in [0.15, 0.2) is 0 Å². The van der Waals surface area contributed by atoms with Gasteiger partial charge >= 0.3 is 6.03 Å². The maximum Gasteiger partial charge on any atom is 0.326 e. The van der Waals surface area contributed by atoms with Gasteiger partial charge in [0.2, 0.25) is 0 Å². The third kappa shape index (κ3) is 5.68. The van der Waals surface area contributed by atoms with Crippen molar-refractivity contribution >= 4 is 51.4 Å². The van der Waals surface area contributed by atoms with Crippen molar-refractivity contribution in [3.05, 3.63) is 110 Å². The fraction of sp³-hybridized carbons (Fsp3) is 0. The molecule has 4 aromatic rings. The number of aromatic hydroxyl groups is 1. The number of nitro benzene ring substituents is 2. The van der Waals surface area contributed by atoms with Crippen molar-refractivity contribution in [2.45, 2.75) is 0 Å². The van der Waals surface area contributed by atoms with Crippen molar-refractivity contribution < 1.29 is 29.3 Å². The van der Waals surface area contributed by atoms with Crippen LogP contribution in [-0.2, 0) is 0 Å². The van der Waals surface area contributed by atoms with Crippen LogP contribution >= 0.6 is 0 Å². The zero-order valence-corrected chi connectivity index (χ0v) is 19.2. The molecule has 13 nitrogen and oxygen atoms in total. The number of carbonyl (C=O) groups is 3. The minimum Gasteiger partial charge on any atom is -0.507 e. The lowest BCUT2D eigenvalue weighted by molar-refractivity contribution is -0.385. The predicted molar refractivity (Wildman–Crippen MR) is 136 cm³/mol. The Balaban J connectivity index is 1.51. The number of amides is 4. The van der Waals surface area contributed by atoms with Gasteiger partial charge in [-0.1, -0.05) is 18.2 Å². The van der Waals surface area contributed by atoms with E-state index in [0.29, 0.717) is 10.8 Å². The predicted octanol–water partition coefficient (Wildman–Crippen LogP) is 4.58. The number of hydrogen-bond donors (Lipinski definition) is 4. The highest BCUT2D eigenvalue weighted by Gasteiger charge is 2.17. The fourth-order valence-corrected chi connectivity index (χ4v) is 3.54. The van der Waals surface area contributed by atoms with Crippen LogP contribution in [0.5, 0.6) is 5.75 Å². The first-order valence-corrected chi connectivity index (χ1v) is 10.8. The van der Waals surface area contributed by atoms with Gasteiger partial charge in [0.05, 0.1) is 15.4 Å². The highest BCUT2D eigenvalue weighted by Crippen LogP contribution is 2.27. The number of phenols is 1. The van der Waals surface area contributed by atoms with E-state index in [1.165, 1.54) is 66.7 Å². The molecule has 0 bridgehead atoms. The zero-order valence-electron chi connectivity index (χ0n) is 19.2. The molecule has 0 saturated carbocycles. The lowest BCUT2D eigenvalue weighted by Gasteiger charge is -2.10. The highest BCUT2D eigenvalue weighted by molar-refractivity contribution is 6.11. The van der Waals surface area contributed by atoms with Crippen molar-refractivity contribution in [3.8, 4) is 5.75 Å². The molecule has 0 spiro atoms. The minimum atomic E-state index is -0.918. The topological polar surface area (TPSA) is 194 Å². The van der Waals surface area contributed by atoms with Crippen molar-refractivity contribution in [1.82, 2.24) is 5.32 Å². The molecule has 4 rings (SSSR count). The maximum atomic E-state index is 12.7. The lowest BCUT2D eigenvalue weighted by Crippen LogP contribution is -2.34. The summed E-state index contributed by atoms with van der Waals surface area (Å²) in [5.41, 5.74) is -0.301. The van der Waals surface area contributed by atoms with Gasteiger partial charge in [-0.15, -0.1) is 0 Å². The van der Waals surface area contributed by atoms with E-state index in [1.807, 2.05) is 0 Å². The van der Waals surface area contributed by atoms with Crippen molar-refractivity contribution in [3.63, 3.8) is 0 Å². The Bertz CT molecular complexity index is 1640. The van der Waals surface area contributed by atoms with E-state index in [1.54, 1.807) is 0 Å². The first kappa shape index (κ1) is 25.2. The number of imide groups is 1. The van der Waals surface area contributed by atoms with Crippen LogP contribution in [0.1, 0.15) is 20.7 Å². The van der Waals surface area contributed by atoms with E-state index in [-0.39, 0.29) is 39.6 Å². The molecule has 190 valence electrons. The molecule has 0 radical (unpaired) electrons. The largest absolute Gasteiger partial charge is 0.507 e. The number of nitro groups is 2. The van der Waals surface area contributed by atoms with Gasteiger partial charge in [-0.2, -0.15) is 0 Å². The molecule has 4 amide bonds. The SMILES string of the molecule is O=C(NC(=O)c1ccc2cc(O)c(C(=O)Nc3cccc([N+](=O)[O-])c3)cc2c1)Nc1cccc([N+](=O)[O-])c1. The smallest absolute Gasteiger partial charge is 0.326 e. The van der Waals surface area contributed by atoms with Gasteiger partial charge in [0.25, 0.3) is 23.2 Å². The van der Waals surface area contributed by atoms with E-state index in [0.717, 1.165) is 12.1 Å². The van der Waals surface area contributed by atoms with Crippen molar-refractivity contribution in [2.24, 2.45) is 0 Å². The molecule has 0 aromatic heterocycles. The number of nitrogens with zero attached hydrogens (tertiary/aromatic N) is 2. The third-order valence-electron chi connectivity index (χ3n) is 5.32. The highest BCUT2D eigenvalue weighted by atomic mass is 16.6. The minimum absolute atomic E-state index is 0.0578. The van der Waals surface area contributed by atoms with Crippen molar-refractivity contribution in [1.29, 1.82) is 0 Å². The van der Waals surface area contributed by atoms with Gasteiger partial charge in [-0.3, -0.25) is 35.1 Å². The lowest BCUT2D eigenvalue weighted by atomic mass is 10.0. The summed E-state index contributed by atoms with van der Waals surface area (Å²) in [4.78, 5) is 58.2. The Hall–Kier alpha value is -5.85. The second kappa shape index (κ2) is 10.4. The zero-order chi connectivity index (χ0) is 27.4. The van der Waals surface area contributed by atoms with Crippen LogP contribution in [-0.4, -0.2) is 32.8 Å². The summed E-state index contributed by atoms with van der Waals surface area (Å²) in [6.07, 6.45) is 0. The fourth-order valence-electron chi connectivity index (χ4n) is 3.54. The Labute approximate surface area is 213 Å². The molecule has 0 aliphatic rings. The van der Waals surface area contributed by atoms with Crippen LogP contribution < -0.4 is 16.0 Å². The van der Waals surface area contributed by atoms with E-state index < -0.39 is 27.7 Å². The van der Waals surface area contributed by atoms with Crippen molar-refractivity contribution in [2.75, 3.05) is 10.6 Å². The van der Waals surface area contributed by atoms with E-state index in [9.17, 15) is 39.7 Å². The van der Waals surface area contributed by atoms with Gasteiger partial charge in [0.1, 0.15) is 5.75 Å². The summed E-state index contributed by atoms with van der Waals surface area (Å²) in [6.45, 7) is 0. The molecule has 0 aliphatic heterocycles. The number of carbonyl (C=O) groups excluding carboxylic acids is 3. The summed E-state index contributed by atoms with van der Waals surface area (Å²) in [7, 11) is 0. The number of fused-ring (bicyclic) bond motifs is 1. The number of non-ortho nitro benzene ring substituents is 2. The van der Waals surface area contributed by atoms with Crippen LogP contribution in [0, 0.1) is 20.2 Å². The molecule has 4 aromatic carbocycles. The summed E-state index contributed by atoms with van der Waals surface area (Å²) < 4.78 is 0. The summed E-state index contributed by atoms with van der Waals surface area (Å²) in [5.74, 6) is -1.88. The Morgan fingerprint density at radius 3 is 1.89 bits per heavy atom. The molecule has 13 heteroatoms. The molecule has 0 saturated heterocycles. The van der Waals surface area contributed by atoms with Crippen LogP contribution in [0.2, 0.25) is 0 Å². The normalized spacial score (nSPS) is 10.4. The number of hydrogen-bond acceptors (Lipinski definition) is 8. The summed E-state index contributed by atoms with van der Waals surface area (Å²) >= 11 is 0. The van der Waals surface area contributed by atoms with E-state index in [4.69, 9.17) is 0 Å². The molecule has 0 aliphatic carbocycles.